The van der Waals surface area contributed by atoms with Crippen LogP contribution in [0.3, 0.4) is 0 Å². The monoisotopic (exact) mass is 192 g/mol. The Balaban J connectivity index is 2.34. The lowest BCUT2D eigenvalue weighted by Gasteiger charge is -2.03. The zero-order chi connectivity index (χ0) is 10.1. The maximum atomic E-state index is 12.9. The van der Waals surface area contributed by atoms with Crippen LogP contribution >= 0.6 is 0 Å². The molecule has 72 valence electrons. The Hall–Kier alpha value is -1.64. The molecule has 1 aromatic rings. The van der Waals surface area contributed by atoms with E-state index in [0.29, 0.717) is 17.7 Å². The van der Waals surface area contributed by atoms with Crippen LogP contribution in [0, 0.1) is 12.7 Å². The Kier molecular flexibility index (Phi) is 2.08. The summed E-state index contributed by atoms with van der Waals surface area (Å²) in [5.41, 5.74) is 1.29. The van der Waals surface area contributed by atoms with Gasteiger partial charge in [-0.25, -0.2) is 4.39 Å². The van der Waals surface area contributed by atoms with E-state index in [1.807, 2.05) is 0 Å². The van der Waals surface area contributed by atoms with Crippen molar-refractivity contribution in [3.8, 4) is 0 Å². The lowest BCUT2D eigenvalue weighted by Crippen LogP contribution is -1.94. The van der Waals surface area contributed by atoms with E-state index in [9.17, 15) is 9.18 Å². The van der Waals surface area contributed by atoms with Crippen LogP contribution in [0.5, 0.6) is 0 Å². The molecule has 0 aromatic heterocycles. The standard InChI is InChI=1S/C11H9FO2/c1-7-6-8(2-3-9(7)12)10-4-5-11(13)14-10/h2-4,6H,5H2,1H3. The largest absolute Gasteiger partial charge is 0.426 e. The maximum absolute atomic E-state index is 12.9. The smallest absolute Gasteiger partial charge is 0.315 e. The topological polar surface area (TPSA) is 26.3 Å². The van der Waals surface area contributed by atoms with E-state index in [4.69, 9.17) is 4.74 Å². The Bertz CT molecular complexity index is 421. The first-order valence-electron chi connectivity index (χ1n) is 4.34. The minimum Gasteiger partial charge on any atom is -0.426 e. The van der Waals surface area contributed by atoms with Gasteiger partial charge in [-0.1, -0.05) is 0 Å². The van der Waals surface area contributed by atoms with E-state index >= 15 is 0 Å². The fourth-order valence-electron chi connectivity index (χ4n) is 1.36. The zero-order valence-electron chi connectivity index (χ0n) is 7.71. The molecule has 1 aliphatic rings. The number of ether oxygens (including phenoxy) is 1. The van der Waals surface area contributed by atoms with E-state index < -0.39 is 0 Å². The van der Waals surface area contributed by atoms with Crippen LogP contribution in [-0.2, 0) is 9.53 Å². The summed E-state index contributed by atoms with van der Waals surface area (Å²) in [6.07, 6.45) is 2.00. The van der Waals surface area contributed by atoms with E-state index in [1.54, 1.807) is 25.1 Å². The third-order valence-electron chi connectivity index (χ3n) is 2.12. The van der Waals surface area contributed by atoms with Crippen LogP contribution in [0.4, 0.5) is 4.39 Å². The van der Waals surface area contributed by atoms with Crippen LogP contribution in [0.2, 0.25) is 0 Å². The lowest BCUT2D eigenvalue weighted by atomic mass is 10.1. The second kappa shape index (κ2) is 3.25. The highest BCUT2D eigenvalue weighted by Gasteiger charge is 2.16. The Morgan fingerprint density at radius 2 is 2.21 bits per heavy atom. The average molecular weight is 192 g/mol. The number of hydrogen-bond acceptors (Lipinski definition) is 2. The van der Waals surface area contributed by atoms with Crippen molar-refractivity contribution in [2.75, 3.05) is 0 Å². The third-order valence-corrected chi connectivity index (χ3v) is 2.12. The molecule has 0 unspecified atom stereocenters. The number of aryl methyl sites for hydroxylation is 1. The highest BCUT2D eigenvalue weighted by Crippen LogP contribution is 2.24. The van der Waals surface area contributed by atoms with Gasteiger partial charge in [-0.15, -0.1) is 0 Å². The number of esters is 1. The fraction of sp³-hybridized carbons (Fsp3) is 0.182. The van der Waals surface area contributed by atoms with Gasteiger partial charge >= 0.3 is 5.97 Å². The molecule has 1 aromatic carbocycles. The van der Waals surface area contributed by atoms with E-state index in [-0.39, 0.29) is 11.8 Å². The average Bonchev–Trinajstić information content (AvgIpc) is 2.57. The molecule has 0 saturated carbocycles. The Morgan fingerprint density at radius 3 is 2.79 bits per heavy atom. The summed E-state index contributed by atoms with van der Waals surface area (Å²) < 4.78 is 17.9. The first-order valence-corrected chi connectivity index (χ1v) is 4.34. The molecular formula is C11H9FO2. The molecule has 0 radical (unpaired) electrons. The highest BCUT2D eigenvalue weighted by molar-refractivity contribution is 5.85. The summed E-state index contributed by atoms with van der Waals surface area (Å²) in [5.74, 6) is 0.0127. The molecule has 3 heteroatoms. The van der Waals surface area contributed by atoms with E-state index in [2.05, 4.69) is 0 Å². The predicted octanol–water partition coefficient (Wildman–Crippen LogP) is 2.42. The molecule has 0 atom stereocenters. The second-order valence-corrected chi connectivity index (χ2v) is 3.21. The van der Waals surface area contributed by atoms with Crippen LogP contribution in [0.25, 0.3) is 5.76 Å². The summed E-state index contributed by atoms with van der Waals surface area (Å²) in [7, 11) is 0. The van der Waals surface area contributed by atoms with Gasteiger partial charge in [0.1, 0.15) is 11.6 Å². The van der Waals surface area contributed by atoms with Crippen molar-refractivity contribution in [2.45, 2.75) is 13.3 Å². The van der Waals surface area contributed by atoms with Gasteiger partial charge in [-0.2, -0.15) is 0 Å². The second-order valence-electron chi connectivity index (χ2n) is 3.21. The molecular weight excluding hydrogens is 183 g/mol. The van der Waals surface area contributed by atoms with Crippen molar-refractivity contribution in [3.05, 3.63) is 41.2 Å². The summed E-state index contributed by atoms with van der Waals surface area (Å²) >= 11 is 0. The molecule has 0 N–H and O–H groups in total. The number of halogens is 1. The molecule has 0 aliphatic carbocycles. The molecule has 0 amide bonds. The number of rotatable bonds is 1. The van der Waals surface area contributed by atoms with Crippen molar-refractivity contribution in [1.29, 1.82) is 0 Å². The Labute approximate surface area is 81.0 Å². The van der Waals surface area contributed by atoms with Crippen molar-refractivity contribution >= 4 is 11.7 Å². The molecule has 0 fully saturated rings. The minimum absolute atomic E-state index is 0.251. The van der Waals surface area contributed by atoms with Crippen molar-refractivity contribution in [3.63, 3.8) is 0 Å². The molecule has 0 saturated heterocycles. The fourth-order valence-corrected chi connectivity index (χ4v) is 1.36. The first kappa shape index (κ1) is 8.94. The first-order chi connectivity index (χ1) is 6.66. The molecule has 0 bridgehead atoms. The van der Waals surface area contributed by atoms with Gasteiger partial charge in [-0.3, -0.25) is 4.79 Å². The maximum Gasteiger partial charge on any atom is 0.315 e. The summed E-state index contributed by atoms with van der Waals surface area (Å²) in [4.78, 5) is 10.8. The Morgan fingerprint density at radius 1 is 1.43 bits per heavy atom. The third kappa shape index (κ3) is 1.53. The SMILES string of the molecule is Cc1cc(C2=CCC(=O)O2)ccc1F. The quantitative estimate of drug-likeness (QED) is 0.639. The molecule has 0 spiro atoms. The molecule has 14 heavy (non-hydrogen) atoms. The van der Waals surface area contributed by atoms with Gasteiger partial charge in [0.2, 0.25) is 0 Å². The van der Waals surface area contributed by atoms with Gasteiger partial charge in [-0.05, 0) is 36.8 Å². The molecule has 1 heterocycles. The van der Waals surface area contributed by atoms with Crippen LogP contribution in [0.15, 0.2) is 24.3 Å². The van der Waals surface area contributed by atoms with Crippen LogP contribution in [0.1, 0.15) is 17.5 Å². The van der Waals surface area contributed by atoms with Gasteiger partial charge in [0.25, 0.3) is 0 Å². The zero-order valence-corrected chi connectivity index (χ0v) is 7.71. The number of benzene rings is 1. The number of cyclic esters (lactones) is 1. The normalized spacial score (nSPS) is 15.3. The molecule has 1 aliphatic heterocycles. The van der Waals surface area contributed by atoms with E-state index in [0.717, 1.165) is 5.56 Å². The van der Waals surface area contributed by atoms with Gasteiger partial charge < -0.3 is 4.74 Å². The minimum atomic E-state index is -0.262. The van der Waals surface area contributed by atoms with Gasteiger partial charge in [0.15, 0.2) is 0 Å². The summed E-state index contributed by atoms with van der Waals surface area (Å²) in [6.45, 7) is 1.68. The summed E-state index contributed by atoms with van der Waals surface area (Å²) in [5, 5.41) is 0. The van der Waals surface area contributed by atoms with E-state index in [1.165, 1.54) is 6.07 Å². The van der Waals surface area contributed by atoms with Gasteiger partial charge in [0, 0.05) is 5.56 Å². The van der Waals surface area contributed by atoms with Crippen molar-refractivity contribution in [1.82, 2.24) is 0 Å². The van der Waals surface area contributed by atoms with Crippen molar-refractivity contribution < 1.29 is 13.9 Å². The molecule has 2 nitrogen and oxygen atoms in total. The van der Waals surface area contributed by atoms with Gasteiger partial charge in [0.05, 0.1) is 6.42 Å². The lowest BCUT2D eigenvalue weighted by molar-refractivity contribution is -0.134. The van der Waals surface area contributed by atoms with Crippen molar-refractivity contribution in [2.24, 2.45) is 0 Å². The highest BCUT2D eigenvalue weighted by atomic mass is 19.1. The summed E-state index contributed by atoms with van der Waals surface area (Å²) in [6, 6.07) is 4.64. The molecule has 2 rings (SSSR count). The van der Waals surface area contributed by atoms with Crippen LogP contribution in [-0.4, -0.2) is 5.97 Å². The number of carbonyl (C=O) groups is 1. The number of carbonyl (C=O) groups excluding carboxylic acids is 1. The predicted molar refractivity (Wildman–Crippen MR) is 49.8 cm³/mol. The van der Waals surface area contributed by atoms with Crippen LogP contribution < -0.4 is 0 Å². The number of hydrogen-bond donors (Lipinski definition) is 0.